The van der Waals surface area contributed by atoms with Gasteiger partial charge in [0, 0.05) is 12.1 Å². The Morgan fingerprint density at radius 2 is 2.00 bits per heavy atom. The lowest BCUT2D eigenvalue weighted by atomic mass is 9.82. The van der Waals surface area contributed by atoms with Crippen LogP contribution in [0.4, 0.5) is 5.69 Å². The molecule has 2 unspecified atom stereocenters. The van der Waals surface area contributed by atoms with Gasteiger partial charge in [0.2, 0.25) is 0 Å². The number of hydrogen-bond donors (Lipinski definition) is 1. The van der Waals surface area contributed by atoms with Gasteiger partial charge in [-0.1, -0.05) is 24.4 Å². The highest BCUT2D eigenvalue weighted by molar-refractivity contribution is 6.33. The molecule has 19 heavy (non-hydrogen) atoms. The fourth-order valence-corrected chi connectivity index (χ4v) is 3.49. The number of anilines is 1. The quantitative estimate of drug-likeness (QED) is 0.860. The molecule has 0 spiro atoms. The molecule has 2 aliphatic carbocycles. The summed E-state index contributed by atoms with van der Waals surface area (Å²) in [7, 11) is 1.69. The van der Waals surface area contributed by atoms with Crippen LogP contribution >= 0.6 is 11.6 Å². The Labute approximate surface area is 120 Å². The largest absolute Gasteiger partial charge is 0.497 e. The second kappa shape index (κ2) is 5.62. The van der Waals surface area contributed by atoms with Crippen LogP contribution in [0.2, 0.25) is 5.02 Å². The van der Waals surface area contributed by atoms with Crippen molar-refractivity contribution in [1.82, 2.24) is 0 Å². The molecule has 0 radical (unpaired) electrons. The molecular formula is C16H22ClNO. The second-order valence-electron chi connectivity index (χ2n) is 5.95. The van der Waals surface area contributed by atoms with Gasteiger partial charge in [-0.15, -0.1) is 0 Å². The zero-order valence-electron chi connectivity index (χ0n) is 11.5. The summed E-state index contributed by atoms with van der Waals surface area (Å²) in [4.78, 5) is 0. The lowest BCUT2D eigenvalue weighted by molar-refractivity contribution is 0.303. The van der Waals surface area contributed by atoms with Crippen LogP contribution in [0.25, 0.3) is 0 Å². The van der Waals surface area contributed by atoms with E-state index in [9.17, 15) is 0 Å². The summed E-state index contributed by atoms with van der Waals surface area (Å²) in [5.74, 6) is 2.82. The minimum Gasteiger partial charge on any atom is -0.497 e. The Bertz CT molecular complexity index is 444. The van der Waals surface area contributed by atoms with Crippen LogP contribution in [-0.4, -0.2) is 13.2 Å². The van der Waals surface area contributed by atoms with Gasteiger partial charge in [0.15, 0.2) is 0 Å². The van der Waals surface area contributed by atoms with Crippen molar-refractivity contribution in [2.75, 3.05) is 12.4 Å². The van der Waals surface area contributed by atoms with Crippen LogP contribution in [0.1, 0.15) is 38.5 Å². The second-order valence-corrected chi connectivity index (χ2v) is 6.36. The van der Waals surface area contributed by atoms with E-state index in [2.05, 4.69) is 5.32 Å². The molecule has 0 saturated heterocycles. The molecule has 1 aromatic rings. The van der Waals surface area contributed by atoms with Crippen LogP contribution < -0.4 is 10.1 Å². The molecule has 0 heterocycles. The van der Waals surface area contributed by atoms with Crippen LogP contribution in [-0.2, 0) is 0 Å². The highest BCUT2D eigenvalue weighted by Gasteiger charge is 2.34. The van der Waals surface area contributed by atoms with Crippen molar-refractivity contribution in [2.24, 2.45) is 11.8 Å². The molecule has 2 saturated carbocycles. The van der Waals surface area contributed by atoms with Gasteiger partial charge >= 0.3 is 0 Å². The number of rotatable bonds is 4. The minimum atomic E-state index is 0.573. The number of nitrogens with one attached hydrogen (secondary N) is 1. The molecule has 1 aromatic carbocycles. The maximum atomic E-state index is 6.27. The Morgan fingerprint density at radius 3 is 2.74 bits per heavy atom. The van der Waals surface area contributed by atoms with E-state index < -0.39 is 0 Å². The zero-order chi connectivity index (χ0) is 13.2. The van der Waals surface area contributed by atoms with Crippen LogP contribution in [0.5, 0.6) is 5.75 Å². The smallest absolute Gasteiger partial charge is 0.121 e. The SMILES string of the molecule is COc1ccc(Cl)c(NC2CCCC(C3CC3)C2)c1. The molecular weight excluding hydrogens is 258 g/mol. The highest BCUT2D eigenvalue weighted by atomic mass is 35.5. The Balaban J connectivity index is 1.66. The third-order valence-corrected chi connectivity index (χ3v) is 4.87. The van der Waals surface area contributed by atoms with E-state index in [0.717, 1.165) is 28.3 Å². The van der Waals surface area contributed by atoms with Crippen molar-refractivity contribution >= 4 is 17.3 Å². The fraction of sp³-hybridized carbons (Fsp3) is 0.625. The van der Waals surface area contributed by atoms with Gasteiger partial charge in [0.05, 0.1) is 17.8 Å². The monoisotopic (exact) mass is 279 g/mol. The molecule has 2 atom stereocenters. The third-order valence-electron chi connectivity index (χ3n) is 4.54. The first-order valence-electron chi connectivity index (χ1n) is 7.36. The van der Waals surface area contributed by atoms with E-state index >= 15 is 0 Å². The predicted molar refractivity (Wildman–Crippen MR) is 80.1 cm³/mol. The maximum absolute atomic E-state index is 6.27. The van der Waals surface area contributed by atoms with Crippen molar-refractivity contribution in [1.29, 1.82) is 0 Å². The third kappa shape index (κ3) is 3.17. The first-order valence-corrected chi connectivity index (χ1v) is 7.74. The molecule has 2 aliphatic rings. The molecule has 3 rings (SSSR count). The van der Waals surface area contributed by atoms with Crippen molar-refractivity contribution in [3.05, 3.63) is 23.2 Å². The normalized spacial score (nSPS) is 27.1. The first kappa shape index (κ1) is 13.1. The molecule has 0 aromatic heterocycles. The topological polar surface area (TPSA) is 21.3 Å². The Morgan fingerprint density at radius 1 is 1.16 bits per heavy atom. The molecule has 0 aliphatic heterocycles. The summed E-state index contributed by atoms with van der Waals surface area (Å²) in [5, 5.41) is 4.41. The van der Waals surface area contributed by atoms with Crippen LogP contribution in [0, 0.1) is 11.8 Å². The summed E-state index contributed by atoms with van der Waals surface area (Å²) in [6.45, 7) is 0. The number of hydrogen-bond acceptors (Lipinski definition) is 2. The van der Waals surface area contributed by atoms with E-state index in [1.165, 1.54) is 38.5 Å². The highest BCUT2D eigenvalue weighted by Crippen LogP contribution is 2.44. The molecule has 0 amide bonds. The van der Waals surface area contributed by atoms with E-state index in [0.29, 0.717) is 6.04 Å². The summed E-state index contributed by atoms with van der Waals surface area (Å²) in [6, 6.07) is 6.39. The summed E-state index contributed by atoms with van der Waals surface area (Å²) < 4.78 is 5.27. The number of ether oxygens (including phenoxy) is 1. The van der Waals surface area contributed by atoms with Crippen molar-refractivity contribution in [3.63, 3.8) is 0 Å². The Hall–Kier alpha value is -0.890. The summed E-state index contributed by atoms with van der Waals surface area (Å²) in [6.07, 6.45) is 8.25. The number of halogens is 1. The standard InChI is InChI=1S/C16H22ClNO/c1-19-14-7-8-15(17)16(10-14)18-13-4-2-3-12(9-13)11-5-6-11/h7-8,10-13,18H,2-6,9H2,1H3. The van der Waals surface area contributed by atoms with Gasteiger partial charge in [-0.2, -0.15) is 0 Å². The zero-order valence-corrected chi connectivity index (χ0v) is 12.2. The van der Waals surface area contributed by atoms with Crippen molar-refractivity contribution in [3.8, 4) is 5.75 Å². The Kier molecular flexibility index (Phi) is 3.88. The fourth-order valence-electron chi connectivity index (χ4n) is 3.32. The van der Waals surface area contributed by atoms with E-state index in [4.69, 9.17) is 16.3 Å². The van der Waals surface area contributed by atoms with Gasteiger partial charge < -0.3 is 10.1 Å². The van der Waals surface area contributed by atoms with Crippen LogP contribution in [0.3, 0.4) is 0 Å². The van der Waals surface area contributed by atoms with E-state index in [1.807, 2.05) is 18.2 Å². The summed E-state index contributed by atoms with van der Waals surface area (Å²) >= 11 is 6.27. The molecule has 1 N–H and O–H groups in total. The molecule has 3 heteroatoms. The number of benzene rings is 1. The van der Waals surface area contributed by atoms with E-state index in [-0.39, 0.29) is 0 Å². The van der Waals surface area contributed by atoms with Gasteiger partial charge in [0.25, 0.3) is 0 Å². The van der Waals surface area contributed by atoms with Gasteiger partial charge in [-0.25, -0.2) is 0 Å². The minimum absolute atomic E-state index is 0.573. The van der Waals surface area contributed by atoms with Gasteiger partial charge in [0.1, 0.15) is 5.75 Å². The average Bonchev–Trinajstić information content (AvgIpc) is 3.26. The molecule has 0 bridgehead atoms. The molecule has 2 nitrogen and oxygen atoms in total. The van der Waals surface area contributed by atoms with Crippen molar-refractivity contribution < 1.29 is 4.74 Å². The lowest BCUT2D eigenvalue weighted by Gasteiger charge is -2.30. The molecule has 104 valence electrons. The maximum Gasteiger partial charge on any atom is 0.121 e. The van der Waals surface area contributed by atoms with E-state index in [1.54, 1.807) is 7.11 Å². The van der Waals surface area contributed by atoms with Crippen molar-refractivity contribution in [2.45, 2.75) is 44.6 Å². The summed E-state index contributed by atoms with van der Waals surface area (Å²) in [5.41, 5.74) is 1.02. The van der Waals surface area contributed by atoms with Crippen LogP contribution in [0.15, 0.2) is 18.2 Å². The van der Waals surface area contributed by atoms with Gasteiger partial charge in [-0.05, 0) is 49.7 Å². The molecule has 2 fully saturated rings. The average molecular weight is 280 g/mol. The van der Waals surface area contributed by atoms with Gasteiger partial charge in [-0.3, -0.25) is 0 Å². The number of methoxy groups -OCH3 is 1. The lowest BCUT2D eigenvalue weighted by Crippen LogP contribution is -2.28. The first-order chi connectivity index (χ1) is 9.26. The predicted octanol–water partition coefficient (Wildman–Crippen LogP) is 4.73.